The Morgan fingerprint density at radius 1 is 1.13 bits per heavy atom. The number of aryl methyl sites for hydroxylation is 1. The summed E-state index contributed by atoms with van der Waals surface area (Å²) in [4.78, 5) is 2.41. The Bertz CT molecular complexity index is 627. The minimum Gasteiger partial charge on any atom is -0.486 e. The van der Waals surface area contributed by atoms with E-state index in [0.29, 0.717) is 5.56 Å². The lowest BCUT2D eigenvalue weighted by molar-refractivity contribution is 0.0250. The Kier molecular flexibility index (Phi) is 4.52. The van der Waals surface area contributed by atoms with E-state index in [9.17, 15) is 0 Å². The summed E-state index contributed by atoms with van der Waals surface area (Å²) in [6, 6.07) is 7.96. The van der Waals surface area contributed by atoms with E-state index >= 15 is 0 Å². The summed E-state index contributed by atoms with van der Waals surface area (Å²) in [6.45, 7) is 14.3. The molecule has 0 spiro atoms. The Morgan fingerprint density at radius 3 is 2.35 bits per heavy atom. The second kappa shape index (κ2) is 5.83. The van der Waals surface area contributed by atoms with Crippen LogP contribution in [0.25, 0.3) is 0 Å². The van der Waals surface area contributed by atoms with Crippen LogP contribution < -0.4 is 4.74 Å². The third kappa shape index (κ3) is 4.06. The molecule has 2 rings (SSSR count). The number of nitriles is 1. The first kappa shape index (κ1) is 17.8. The SMILES string of the molecule is Cc1cc(OC2(C)CN(C)C(C)(C)CC(C)(C)C2)ccc1C#N. The monoisotopic (exact) mass is 314 g/mol. The second-order valence-electron chi connectivity index (χ2n) is 8.83. The summed E-state index contributed by atoms with van der Waals surface area (Å²) in [5.74, 6) is 0.855. The van der Waals surface area contributed by atoms with Gasteiger partial charge < -0.3 is 4.74 Å². The van der Waals surface area contributed by atoms with Crippen LogP contribution in [0, 0.1) is 23.7 Å². The highest BCUT2D eigenvalue weighted by atomic mass is 16.5. The lowest BCUT2D eigenvalue weighted by Crippen LogP contribution is -2.48. The minimum atomic E-state index is -0.243. The van der Waals surface area contributed by atoms with Gasteiger partial charge in [-0.1, -0.05) is 13.8 Å². The van der Waals surface area contributed by atoms with Crippen molar-refractivity contribution in [1.29, 1.82) is 5.26 Å². The molecule has 1 atom stereocenters. The number of benzene rings is 1. The lowest BCUT2D eigenvalue weighted by Gasteiger charge is -2.38. The molecule has 1 aromatic rings. The van der Waals surface area contributed by atoms with Crippen molar-refractivity contribution in [2.75, 3.05) is 13.6 Å². The Balaban J connectivity index is 2.30. The fraction of sp³-hybridized carbons (Fsp3) is 0.650. The van der Waals surface area contributed by atoms with Crippen molar-refractivity contribution in [3.8, 4) is 11.8 Å². The molecule has 0 radical (unpaired) electrons. The Hall–Kier alpha value is -1.53. The molecule has 1 heterocycles. The third-order valence-electron chi connectivity index (χ3n) is 5.05. The van der Waals surface area contributed by atoms with Crippen molar-refractivity contribution >= 4 is 0 Å². The first-order valence-electron chi connectivity index (χ1n) is 8.37. The normalized spacial score (nSPS) is 27.0. The highest BCUT2D eigenvalue weighted by Crippen LogP contribution is 2.43. The zero-order valence-electron chi connectivity index (χ0n) is 15.7. The number of nitrogens with zero attached hydrogens (tertiary/aromatic N) is 2. The Morgan fingerprint density at radius 2 is 1.78 bits per heavy atom. The maximum absolute atomic E-state index is 9.08. The molecule has 1 aliphatic heterocycles. The van der Waals surface area contributed by atoms with Crippen molar-refractivity contribution in [3.05, 3.63) is 29.3 Å². The first-order valence-corrected chi connectivity index (χ1v) is 8.37. The summed E-state index contributed by atoms with van der Waals surface area (Å²) in [6.07, 6.45) is 2.15. The molecule has 0 aliphatic carbocycles. The van der Waals surface area contributed by atoms with Crippen LogP contribution in [0.3, 0.4) is 0 Å². The van der Waals surface area contributed by atoms with Crippen LogP contribution in [-0.2, 0) is 0 Å². The van der Waals surface area contributed by atoms with E-state index in [4.69, 9.17) is 10.00 Å². The van der Waals surface area contributed by atoms with Crippen LogP contribution in [0.4, 0.5) is 0 Å². The molecule has 0 N–H and O–H groups in total. The molecular weight excluding hydrogens is 284 g/mol. The van der Waals surface area contributed by atoms with Gasteiger partial charge in [0, 0.05) is 12.1 Å². The summed E-state index contributed by atoms with van der Waals surface area (Å²) < 4.78 is 6.45. The fourth-order valence-electron chi connectivity index (χ4n) is 4.33. The zero-order valence-corrected chi connectivity index (χ0v) is 15.7. The molecule has 1 aliphatic rings. The van der Waals surface area contributed by atoms with E-state index in [2.05, 4.69) is 52.6 Å². The van der Waals surface area contributed by atoms with Gasteiger partial charge in [0.2, 0.25) is 0 Å². The average molecular weight is 314 g/mol. The van der Waals surface area contributed by atoms with E-state index in [1.165, 1.54) is 0 Å². The summed E-state index contributed by atoms with van der Waals surface area (Å²) in [5.41, 5.74) is 1.81. The first-order chi connectivity index (χ1) is 10.5. The predicted molar refractivity (Wildman–Crippen MR) is 94.7 cm³/mol. The molecule has 0 saturated carbocycles. The van der Waals surface area contributed by atoms with Gasteiger partial charge in [-0.2, -0.15) is 5.26 Å². The molecular formula is C20H30N2O. The van der Waals surface area contributed by atoms with Gasteiger partial charge in [0.1, 0.15) is 11.4 Å². The van der Waals surface area contributed by atoms with E-state index < -0.39 is 0 Å². The van der Waals surface area contributed by atoms with Gasteiger partial charge in [-0.3, -0.25) is 4.90 Å². The minimum absolute atomic E-state index is 0.158. The molecule has 1 saturated heterocycles. The quantitative estimate of drug-likeness (QED) is 0.804. The summed E-state index contributed by atoms with van der Waals surface area (Å²) in [7, 11) is 2.19. The highest BCUT2D eigenvalue weighted by Gasteiger charge is 2.44. The van der Waals surface area contributed by atoms with Crippen molar-refractivity contribution in [1.82, 2.24) is 4.90 Å². The molecule has 3 nitrogen and oxygen atoms in total. The lowest BCUT2D eigenvalue weighted by atomic mass is 9.75. The van der Waals surface area contributed by atoms with E-state index in [0.717, 1.165) is 30.7 Å². The number of likely N-dealkylation sites (N-methyl/N-ethyl adjacent to an activating group) is 1. The van der Waals surface area contributed by atoms with Gasteiger partial charge in [0.15, 0.2) is 0 Å². The molecule has 1 unspecified atom stereocenters. The molecule has 0 amide bonds. The standard InChI is InChI=1S/C20H30N2O/c1-15-10-17(9-8-16(15)11-21)23-20(6)13-18(2,3)12-19(4,5)22(7)14-20/h8-10H,12-14H2,1-7H3. The summed E-state index contributed by atoms with van der Waals surface area (Å²) in [5, 5.41) is 9.08. The van der Waals surface area contributed by atoms with Crippen LogP contribution in [0.5, 0.6) is 5.75 Å². The number of rotatable bonds is 2. The van der Waals surface area contributed by atoms with Crippen LogP contribution in [-0.4, -0.2) is 29.6 Å². The van der Waals surface area contributed by atoms with E-state index in [1.54, 1.807) is 0 Å². The van der Waals surface area contributed by atoms with Crippen LogP contribution in [0.1, 0.15) is 58.6 Å². The molecule has 23 heavy (non-hydrogen) atoms. The van der Waals surface area contributed by atoms with Crippen LogP contribution in [0.15, 0.2) is 18.2 Å². The molecule has 3 heteroatoms. The second-order valence-corrected chi connectivity index (χ2v) is 8.83. The van der Waals surface area contributed by atoms with Gasteiger partial charge in [-0.25, -0.2) is 0 Å². The smallest absolute Gasteiger partial charge is 0.120 e. The van der Waals surface area contributed by atoms with Gasteiger partial charge in [-0.15, -0.1) is 0 Å². The van der Waals surface area contributed by atoms with Gasteiger partial charge in [-0.05, 0) is 76.8 Å². The number of ether oxygens (including phenoxy) is 1. The topological polar surface area (TPSA) is 36.3 Å². The van der Waals surface area contributed by atoms with Crippen molar-refractivity contribution < 1.29 is 4.74 Å². The fourth-order valence-corrected chi connectivity index (χ4v) is 4.33. The maximum Gasteiger partial charge on any atom is 0.120 e. The molecule has 0 bridgehead atoms. The summed E-state index contributed by atoms with van der Waals surface area (Å²) >= 11 is 0. The zero-order chi connectivity index (χ0) is 17.5. The van der Waals surface area contributed by atoms with Gasteiger partial charge >= 0.3 is 0 Å². The third-order valence-corrected chi connectivity index (χ3v) is 5.05. The molecule has 126 valence electrons. The number of likely N-dealkylation sites (tertiary alicyclic amines) is 1. The van der Waals surface area contributed by atoms with Crippen LogP contribution >= 0.6 is 0 Å². The predicted octanol–water partition coefficient (Wildman–Crippen LogP) is 4.53. The van der Waals surface area contributed by atoms with Crippen molar-refractivity contribution in [2.24, 2.45) is 5.41 Å². The number of hydrogen-bond acceptors (Lipinski definition) is 3. The van der Waals surface area contributed by atoms with Crippen molar-refractivity contribution in [3.63, 3.8) is 0 Å². The largest absolute Gasteiger partial charge is 0.486 e. The number of hydrogen-bond donors (Lipinski definition) is 0. The Labute approximate surface area is 141 Å². The van der Waals surface area contributed by atoms with Crippen LogP contribution in [0.2, 0.25) is 0 Å². The molecule has 1 fully saturated rings. The van der Waals surface area contributed by atoms with Gasteiger partial charge in [0.25, 0.3) is 0 Å². The van der Waals surface area contributed by atoms with Gasteiger partial charge in [0.05, 0.1) is 11.6 Å². The average Bonchev–Trinajstić information content (AvgIpc) is 2.41. The van der Waals surface area contributed by atoms with Crippen molar-refractivity contribution in [2.45, 2.75) is 65.5 Å². The highest BCUT2D eigenvalue weighted by molar-refractivity contribution is 5.42. The molecule has 1 aromatic carbocycles. The molecule has 0 aromatic heterocycles. The maximum atomic E-state index is 9.08. The van der Waals surface area contributed by atoms with E-state index in [-0.39, 0.29) is 16.6 Å². The van der Waals surface area contributed by atoms with E-state index in [1.807, 2.05) is 25.1 Å².